The molecular weight excluding hydrogens is 358 g/mol. The van der Waals surface area contributed by atoms with Gasteiger partial charge in [-0.05, 0) is 52.8 Å². The summed E-state index contributed by atoms with van der Waals surface area (Å²) in [4.78, 5) is 5.00. The van der Waals surface area contributed by atoms with Crippen LogP contribution >= 0.6 is 0 Å². The Morgan fingerprint density at radius 1 is 1.21 bits per heavy atom. The highest BCUT2D eigenvalue weighted by molar-refractivity contribution is 6.14. The lowest BCUT2D eigenvalue weighted by Gasteiger charge is -2.48. The van der Waals surface area contributed by atoms with Crippen LogP contribution in [0.4, 0.5) is 0 Å². The number of fused-ring (bicyclic) bond motifs is 3. The molecule has 1 heterocycles. The standard InChI is InChI=1S/C26H33NO2/c1-9-22-20-16-21(24(3,4)5)18-12-10-11-13-19(18)23(20)25(6,14-15-29-8)26(7,27-22)17(2)28/h9-13,16,28H,1-2,14-15H2,3-8H3. The van der Waals surface area contributed by atoms with Crippen LogP contribution in [0.1, 0.15) is 57.7 Å². The molecule has 0 aromatic heterocycles. The third kappa shape index (κ3) is 3.12. The quantitative estimate of drug-likeness (QED) is 0.612. The third-order valence-corrected chi connectivity index (χ3v) is 6.66. The van der Waals surface area contributed by atoms with E-state index in [0.717, 1.165) is 11.3 Å². The molecule has 0 saturated carbocycles. The lowest BCUT2D eigenvalue weighted by atomic mass is 9.60. The highest BCUT2D eigenvalue weighted by Crippen LogP contribution is 2.52. The van der Waals surface area contributed by atoms with E-state index in [1.807, 2.05) is 6.92 Å². The topological polar surface area (TPSA) is 41.8 Å². The van der Waals surface area contributed by atoms with Gasteiger partial charge in [0.1, 0.15) is 11.3 Å². The lowest BCUT2D eigenvalue weighted by molar-refractivity contribution is 0.132. The highest BCUT2D eigenvalue weighted by Gasteiger charge is 2.52. The summed E-state index contributed by atoms with van der Waals surface area (Å²) >= 11 is 0. The first-order valence-corrected chi connectivity index (χ1v) is 10.2. The van der Waals surface area contributed by atoms with Crippen molar-refractivity contribution in [2.45, 2.75) is 57.4 Å². The summed E-state index contributed by atoms with van der Waals surface area (Å²) in [5.74, 6) is 0.0603. The summed E-state index contributed by atoms with van der Waals surface area (Å²) in [6, 6.07) is 10.8. The Kier molecular flexibility index (Phi) is 5.25. The molecule has 0 bridgehead atoms. The number of nitrogens with zero attached hydrogens (tertiary/aromatic N) is 1. The molecule has 0 amide bonds. The van der Waals surface area contributed by atoms with Gasteiger partial charge in [0.2, 0.25) is 0 Å². The average Bonchev–Trinajstić information content (AvgIpc) is 2.67. The Bertz CT molecular complexity index is 1010. The Morgan fingerprint density at radius 3 is 2.34 bits per heavy atom. The molecule has 2 atom stereocenters. The monoisotopic (exact) mass is 391 g/mol. The van der Waals surface area contributed by atoms with Crippen LogP contribution < -0.4 is 0 Å². The van der Waals surface area contributed by atoms with Crippen LogP contribution in [0.15, 0.2) is 60.3 Å². The first-order chi connectivity index (χ1) is 13.5. The molecule has 1 aliphatic heterocycles. The van der Waals surface area contributed by atoms with Crippen LogP contribution in [0.5, 0.6) is 0 Å². The molecule has 2 aromatic rings. The van der Waals surface area contributed by atoms with Gasteiger partial charge in [-0.1, -0.05) is 65.1 Å². The van der Waals surface area contributed by atoms with E-state index in [0.29, 0.717) is 13.0 Å². The van der Waals surface area contributed by atoms with Crippen molar-refractivity contribution in [2.75, 3.05) is 13.7 Å². The second-order valence-corrected chi connectivity index (χ2v) is 9.44. The maximum Gasteiger partial charge on any atom is 0.124 e. The summed E-state index contributed by atoms with van der Waals surface area (Å²) in [6.07, 6.45) is 2.50. The molecule has 154 valence electrons. The summed E-state index contributed by atoms with van der Waals surface area (Å²) in [5, 5.41) is 13.1. The van der Waals surface area contributed by atoms with E-state index >= 15 is 0 Å². The van der Waals surface area contributed by atoms with Gasteiger partial charge in [-0.15, -0.1) is 0 Å². The number of aliphatic imine (C=N–C) groups is 1. The molecular formula is C26H33NO2. The van der Waals surface area contributed by atoms with Crippen molar-refractivity contribution in [3.63, 3.8) is 0 Å². The predicted molar refractivity (Wildman–Crippen MR) is 123 cm³/mol. The van der Waals surface area contributed by atoms with Crippen molar-refractivity contribution in [1.29, 1.82) is 0 Å². The van der Waals surface area contributed by atoms with Crippen LogP contribution in [-0.2, 0) is 15.6 Å². The van der Waals surface area contributed by atoms with Crippen molar-refractivity contribution < 1.29 is 9.84 Å². The fraction of sp³-hybridized carbons (Fsp3) is 0.423. The summed E-state index contributed by atoms with van der Waals surface area (Å²) in [5.41, 5.74) is 2.94. The van der Waals surface area contributed by atoms with E-state index < -0.39 is 11.0 Å². The average molecular weight is 392 g/mol. The summed E-state index contributed by atoms with van der Waals surface area (Å²) in [6.45, 7) is 19.3. The van der Waals surface area contributed by atoms with Gasteiger partial charge < -0.3 is 9.84 Å². The summed E-state index contributed by atoms with van der Waals surface area (Å²) < 4.78 is 5.46. The van der Waals surface area contributed by atoms with Crippen LogP contribution in [0.25, 0.3) is 10.8 Å². The molecule has 0 fully saturated rings. The predicted octanol–water partition coefficient (Wildman–Crippen LogP) is 6.25. The maximum atomic E-state index is 10.7. The van der Waals surface area contributed by atoms with E-state index in [9.17, 15) is 5.11 Å². The number of aliphatic hydroxyl groups is 1. The van der Waals surface area contributed by atoms with Crippen molar-refractivity contribution in [3.8, 4) is 0 Å². The molecule has 2 unspecified atom stereocenters. The first kappa shape index (κ1) is 21.3. The van der Waals surface area contributed by atoms with Gasteiger partial charge in [-0.2, -0.15) is 0 Å². The molecule has 1 aliphatic rings. The Morgan fingerprint density at radius 2 is 1.83 bits per heavy atom. The minimum Gasteiger partial charge on any atom is -0.510 e. The van der Waals surface area contributed by atoms with Gasteiger partial charge in [0.15, 0.2) is 0 Å². The van der Waals surface area contributed by atoms with Gasteiger partial charge in [-0.3, -0.25) is 4.99 Å². The highest BCUT2D eigenvalue weighted by atomic mass is 16.5. The van der Waals surface area contributed by atoms with E-state index in [4.69, 9.17) is 9.73 Å². The molecule has 3 heteroatoms. The van der Waals surface area contributed by atoms with Crippen LogP contribution in [0.2, 0.25) is 0 Å². The molecule has 3 rings (SSSR count). The minimum atomic E-state index is -0.881. The van der Waals surface area contributed by atoms with Gasteiger partial charge in [0, 0.05) is 24.7 Å². The number of benzene rings is 2. The number of rotatable bonds is 5. The second-order valence-electron chi connectivity index (χ2n) is 9.44. The van der Waals surface area contributed by atoms with Gasteiger partial charge in [0.25, 0.3) is 0 Å². The van der Waals surface area contributed by atoms with Crippen molar-refractivity contribution in [2.24, 2.45) is 4.99 Å². The molecule has 0 spiro atoms. The number of methoxy groups -OCH3 is 1. The number of allylic oxidation sites excluding steroid dienone is 1. The normalized spacial score (nSPS) is 24.1. The molecule has 0 radical (unpaired) electrons. The Balaban J connectivity index is 2.53. The summed E-state index contributed by atoms with van der Waals surface area (Å²) in [7, 11) is 1.71. The SMILES string of the molecule is C=CC1=NC(C)(C(=C)O)C(C)(CCOC)c2c1cc(C(C)(C)C)c1ccccc21. The number of ether oxygens (including phenoxy) is 1. The number of hydrogen-bond donors (Lipinski definition) is 1. The largest absolute Gasteiger partial charge is 0.510 e. The first-order valence-electron chi connectivity index (χ1n) is 10.2. The Hall–Kier alpha value is -2.39. The molecule has 0 saturated heterocycles. The fourth-order valence-electron chi connectivity index (χ4n) is 4.67. The van der Waals surface area contributed by atoms with Gasteiger partial charge >= 0.3 is 0 Å². The molecule has 29 heavy (non-hydrogen) atoms. The zero-order valence-electron chi connectivity index (χ0n) is 18.6. The molecule has 0 aliphatic carbocycles. The Labute approximate surface area is 174 Å². The molecule has 2 aromatic carbocycles. The van der Waals surface area contributed by atoms with E-state index in [1.165, 1.54) is 21.9 Å². The van der Waals surface area contributed by atoms with E-state index in [2.05, 4.69) is 71.2 Å². The third-order valence-electron chi connectivity index (χ3n) is 6.66. The van der Waals surface area contributed by atoms with Crippen molar-refractivity contribution >= 4 is 16.5 Å². The zero-order valence-corrected chi connectivity index (χ0v) is 18.6. The zero-order chi connectivity index (χ0) is 21.6. The molecule has 1 N–H and O–H groups in total. The van der Waals surface area contributed by atoms with Gasteiger partial charge in [-0.25, -0.2) is 0 Å². The van der Waals surface area contributed by atoms with E-state index in [-0.39, 0.29) is 11.2 Å². The fourth-order valence-corrected chi connectivity index (χ4v) is 4.67. The smallest absolute Gasteiger partial charge is 0.124 e. The van der Waals surface area contributed by atoms with Crippen molar-refractivity contribution in [1.82, 2.24) is 0 Å². The van der Waals surface area contributed by atoms with Crippen LogP contribution in [-0.4, -0.2) is 30.1 Å². The lowest BCUT2D eigenvalue weighted by Crippen LogP contribution is -2.52. The number of hydrogen-bond acceptors (Lipinski definition) is 3. The number of aliphatic hydroxyl groups excluding tert-OH is 1. The second kappa shape index (κ2) is 7.14. The maximum absolute atomic E-state index is 10.7. The van der Waals surface area contributed by atoms with Crippen LogP contribution in [0.3, 0.4) is 0 Å². The van der Waals surface area contributed by atoms with E-state index in [1.54, 1.807) is 13.2 Å². The van der Waals surface area contributed by atoms with Crippen molar-refractivity contribution in [3.05, 3.63) is 72.0 Å². The molecule has 3 nitrogen and oxygen atoms in total. The van der Waals surface area contributed by atoms with Gasteiger partial charge in [0.05, 0.1) is 5.71 Å². The minimum absolute atomic E-state index is 0.0226. The van der Waals surface area contributed by atoms with Crippen LogP contribution in [0, 0.1) is 0 Å².